The minimum Gasteiger partial charge on any atom is -0.459 e. The lowest BCUT2D eigenvalue weighted by Gasteiger charge is -2.36. The molecule has 0 saturated carbocycles. The van der Waals surface area contributed by atoms with Gasteiger partial charge in [0.15, 0.2) is 0 Å². The van der Waals surface area contributed by atoms with E-state index in [0.717, 1.165) is 0 Å². The molecule has 1 radical (unpaired) electrons. The molecule has 321 valence electrons. The molecule has 1 fully saturated rings. The fourth-order valence-electron chi connectivity index (χ4n) is 6.12. The van der Waals surface area contributed by atoms with E-state index in [-0.39, 0.29) is 32.0 Å². The van der Waals surface area contributed by atoms with Gasteiger partial charge in [-0.15, -0.1) is 0 Å². The van der Waals surface area contributed by atoms with Crippen molar-refractivity contribution in [3.63, 3.8) is 0 Å². The van der Waals surface area contributed by atoms with Crippen molar-refractivity contribution in [2.45, 2.75) is 104 Å². The van der Waals surface area contributed by atoms with Crippen LogP contribution >= 0.6 is 11.8 Å². The lowest BCUT2D eigenvalue weighted by Crippen LogP contribution is -2.54. The smallest absolute Gasteiger partial charge is 0.320 e. The maximum atomic E-state index is 13.3. The van der Waals surface area contributed by atoms with Gasteiger partial charge in [-0.2, -0.15) is 11.8 Å². The number of thioether (sulfide) groups is 1. The SMILES string of the molecule is CSCC[C@@H]([C]=O)NC(=O)c1cccc(CC(C(N)=O)N2CCN(CC(=O)OC(C)(C)C)CCN(CC(=O)OC(C)(C)C)CCN(CC(=O)OC(C)(C)C)CC2)c1. The maximum Gasteiger partial charge on any atom is 0.320 e. The first-order valence-corrected chi connectivity index (χ1v) is 21.0. The van der Waals surface area contributed by atoms with Crippen molar-refractivity contribution in [1.82, 2.24) is 24.9 Å². The maximum absolute atomic E-state index is 13.3. The summed E-state index contributed by atoms with van der Waals surface area (Å²) in [4.78, 5) is 84.9. The Kier molecular flexibility index (Phi) is 20.1. The van der Waals surface area contributed by atoms with Crippen LogP contribution in [0.5, 0.6) is 0 Å². The third kappa shape index (κ3) is 21.1. The zero-order valence-corrected chi connectivity index (χ0v) is 36.6. The van der Waals surface area contributed by atoms with Gasteiger partial charge >= 0.3 is 17.9 Å². The van der Waals surface area contributed by atoms with E-state index < -0.39 is 52.6 Å². The number of rotatable bonds is 16. The molecule has 1 aromatic rings. The second kappa shape index (κ2) is 23.1. The van der Waals surface area contributed by atoms with Crippen molar-refractivity contribution < 1.29 is 43.0 Å². The summed E-state index contributed by atoms with van der Waals surface area (Å²) in [5, 5.41) is 2.72. The molecule has 2 atom stereocenters. The predicted octanol–water partition coefficient (Wildman–Crippen LogP) is 2.29. The van der Waals surface area contributed by atoms with Crippen LogP contribution in [0.1, 0.15) is 84.7 Å². The van der Waals surface area contributed by atoms with Gasteiger partial charge in [0.25, 0.3) is 5.91 Å². The van der Waals surface area contributed by atoms with Gasteiger partial charge in [-0.3, -0.25) is 48.4 Å². The molecule has 1 aromatic carbocycles. The summed E-state index contributed by atoms with van der Waals surface area (Å²) >= 11 is 1.56. The summed E-state index contributed by atoms with van der Waals surface area (Å²) in [5.41, 5.74) is 5.06. The Morgan fingerprint density at radius 1 is 0.737 bits per heavy atom. The monoisotopic (exact) mass is 819 g/mol. The van der Waals surface area contributed by atoms with Crippen molar-refractivity contribution in [2.24, 2.45) is 5.73 Å². The third-order valence-corrected chi connectivity index (χ3v) is 9.28. The van der Waals surface area contributed by atoms with Gasteiger partial charge in [-0.05, 0) is 105 Å². The number of amides is 2. The Balaban J connectivity index is 2.47. The molecule has 57 heavy (non-hydrogen) atoms. The van der Waals surface area contributed by atoms with Crippen LogP contribution in [-0.4, -0.2) is 168 Å². The van der Waals surface area contributed by atoms with Gasteiger partial charge in [0.05, 0.1) is 31.7 Å². The summed E-state index contributed by atoms with van der Waals surface area (Å²) in [5.74, 6) is -1.53. The van der Waals surface area contributed by atoms with Crippen LogP contribution in [0.4, 0.5) is 0 Å². The number of carbonyl (C=O) groups excluding carboxylic acids is 6. The second-order valence-corrected chi connectivity index (χ2v) is 18.4. The Bertz CT molecular complexity index is 1440. The number of nitrogens with zero attached hydrogens (tertiary/aromatic N) is 4. The molecule has 1 aliphatic heterocycles. The third-order valence-electron chi connectivity index (χ3n) is 8.64. The Labute approximate surface area is 344 Å². The van der Waals surface area contributed by atoms with E-state index >= 15 is 0 Å². The van der Waals surface area contributed by atoms with E-state index in [1.54, 1.807) is 71.5 Å². The van der Waals surface area contributed by atoms with Gasteiger partial charge < -0.3 is 25.3 Å². The molecule has 1 heterocycles. The van der Waals surface area contributed by atoms with E-state index in [0.29, 0.717) is 75.7 Å². The molecule has 15 nitrogen and oxygen atoms in total. The van der Waals surface area contributed by atoms with Gasteiger partial charge in [0.1, 0.15) is 16.8 Å². The number of benzene rings is 1. The van der Waals surface area contributed by atoms with Crippen molar-refractivity contribution >= 4 is 47.8 Å². The quantitative estimate of drug-likeness (QED) is 0.183. The molecular formula is C41H67N6O9S. The van der Waals surface area contributed by atoms with Crippen LogP contribution in [-0.2, 0) is 44.6 Å². The number of esters is 3. The lowest BCUT2D eigenvalue weighted by atomic mass is 10.0. The number of nitrogens with one attached hydrogen (secondary N) is 1. The first-order valence-electron chi connectivity index (χ1n) is 19.6. The van der Waals surface area contributed by atoms with Crippen LogP contribution in [0.15, 0.2) is 24.3 Å². The number of ether oxygens (including phenoxy) is 3. The molecule has 0 bridgehead atoms. The van der Waals surface area contributed by atoms with E-state index in [1.165, 1.54) is 0 Å². The zero-order chi connectivity index (χ0) is 43.0. The Morgan fingerprint density at radius 3 is 1.53 bits per heavy atom. The topological polar surface area (TPSA) is 181 Å². The predicted molar refractivity (Wildman–Crippen MR) is 222 cm³/mol. The molecule has 1 saturated heterocycles. The molecule has 1 aliphatic rings. The highest BCUT2D eigenvalue weighted by atomic mass is 32.2. The van der Waals surface area contributed by atoms with Gasteiger partial charge in [0.2, 0.25) is 12.2 Å². The number of carbonyl (C=O) groups is 5. The molecule has 0 aromatic heterocycles. The highest BCUT2D eigenvalue weighted by molar-refractivity contribution is 7.98. The van der Waals surface area contributed by atoms with Gasteiger partial charge in [0, 0.05) is 57.9 Å². The fraction of sp³-hybridized carbons (Fsp3) is 0.707. The van der Waals surface area contributed by atoms with E-state index in [4.69, 9.17) is 19.9 Å². The first kappa shape index (κ1) is 49.6. The molecule has 3 N–H and O–H groups in total. The first-order chi connectivity index (χ1) is 26.5. The van der Waals surface area contributed by atoms with Crippen LogP contribution in [0.2, 0.25) is 0 Å². The summed E-state index contributed by atoms with van der Waals surface area (Å²) in [6.45, 7) is 19.1. The number of hydrogen-bond acceptors (Lipinski definition) is 14. The van der Waals surface area contributed by atoms with E-state index in [2.05, 4.69) is 5.32 Å². The fourth-order valence-corrected chi connectivity index (χ4v) is 6.59. The molecular weight excluding hydrogens is 753 g/mol. The molecule has 2 rings (SSSR count). The average molecular weight is 820 g/mol. The molecule has 2 amide bonds. The molecule has 1 unspecified atom stereocenters. The van der Waals surface area contributed by atoms with Crippen LogP contribution in [0.3, 0.4) is 0 Å². The Hall–Kier alpha value is -3.57. The van der Waals surface area contributed by atoms with Crippen molar-refractivity contribution in [2.75, 3.05) is 84.0 Å². The van der Waals surface area contributed by atoms with Gasteiger partial charge in [-0.25, -0.2) is 0 Å². The van der Waals surface area contributed by atoms with Crippen molar-refractivity contribution in [1.29, 1.82) is 0 Å². The normalized spacial score (nSPS) is 17.3. The summed E-state index contributed by atoms with van der Waals surface area (Å²) < 4.78 is 16.9. The van der Waals surface area contributed by atoms with Crippen LogP contribution in [0.25, 0.3) is 0 Å². The largest absolute Gasteiger partial charge is 0.459 e. The summed E-state index contributed by atoms with van der Waals surface area (Å²) in [6, 6.07) is 5.28. The molecule has 0 spiro atoms. The van der Waals surface area contributed by atoms with Crippen molar-refractivity contribution in [3.05, 3.63) is 35.4 Å². The highest BCUT2D eigenvalue weighted by Crippen LogP contribution is 2.16. The van der Waals surface area contributed by atoms with Gasteiger partial charge in [-0.1, -0.05) is 12.1 Å². The number of nitrogens with two attached hydrogens (primary N) is 1. The van der Waals surface area contributed by atoms with E-state index in [9.17, 15) is 28.8 Å². The lowest BCUT2D eigenvalue weighted by molar-refractivity contribution is -0.158. The molecule has 16 heteroatoms. The van der Waals surface area contributed by atoms with Crippen LogP contribution < -0.4 is 11.1 Å². The highest BCUT2D eigenvalue weighted by Gasteiger charge is 2.29. The molecule has 0 aliphatic carbocycles. The number of primary amides is 1. The summed E-state index contributed by atoms with van der Waals surface area (Å²) in [6.07, 6.45) is 4.43. The van der Waals surface area contributed by atoms with Crippen molar-refractivity contribution in [3.8, 4) is 0 Å². The minimum absolute atomic E-state index is 0.0106. The Morgan fingerprint density at radius 2 is 1.16 bits per heavy atom. The standard InChI is InChI=1S/C41H67N6O9S/c1-39(2,3)54-34(49)26-44-15-17-45(27-35(50)55-40(4,5)6)19-21-47(22-20-46(18-16-44)28-36(51)56-41(7,8)9)33(37(42)52)25-30-12-11-13-31(24-30)38(53)43-32(29-48)14-23-57-10/h11-13,24,32-33H,14-23,25-28H2,1-10H3,(H2,42,52)(H,43,53)/t32-,33?/m0/s1. The summed E-state index contributed by atoms with van der Waals surface area (Å²) in [7, 11) is 0. The second-order valence-electron chi connectivity index (χ2n) is 17.4. The van der Waals surface area contributed by atoms with Crippen LogP contribution in [0, 0.1) is 0 Å². The number of hydrogen-bond donors (Lipinski definition) is 2. The average Bonchev–Trinajstić information content (AvgIpc) is 3.06. The van der Waals surface area contributed by atoms with E-state index in [1.807, 2.05) is 59.0 Å². The zero-order valence-electron chi connectivity index (χ0n) is 35.8. The minimum atomic E-state index is -0.820.